The number of likely N-dealkylation sites (tertiary alicyclic amines) is 1. The molecule has 3 rings (SSSR count). The number of fused-ring (bicyclic) bond motifs is 1. The fourth-order valence-corrected chi connectivity index (χ4v) is 3.89. The molecule has 0 saturated carbocycles. The molecule has 2 heterocycles. The topological polar surface area (TPSA) is 75.4 Å². The van der Waals surface area contributed by atoms with Crippen molar-refractivity contribution in [2.24, 2.45) is 17.6 Å². The molecule has 1 aromatic rings. The predicted molar refractivity (Wildman–Crippen MR) is 89.4 cm³/mol. The van der Waals surface area contributed by atoms with Gasteiger partial charge in [0.1, 0.15) is 0 Å². The van der Waals surface area contributed by atoms with E-state index >= 15 is 0 Å². The van der Waals surface area contributed by atoms with Crippen molar-refractivity contribution in [2.45, 2.75) is 4.90 Å². The Bertz CT molecular complexity index is 557. The molecule has 5 nitrogen and oxygen atoms in total. The molecule has 22 heavy (non-hydrogen) atoms. The number of rotatable bonds is 4. The minimum Gasteiger partial charge on any atom is -0.369 e. The fourth-order valence-electron chi connectivity index (χ4n) is 3.11. The zero-order valence-corrected chi connectivity index (χ0v) is 13.8. The summed E-state index contributed by atoms with van der Waals surface area (Å²) >= 11 is 1.33. The Kier molecular flexibility index (Phi) is 5.72. The Labute approximate surface area is 140 Å². The van der Waals surface area contributed by atoms with Crippen LogP contribution in [0.3, 0.4) is 0 Å². The first-order chi connectivity index (χ1) is 10.1. The molecular formula is C15H20ClN3O2S. The van der Waals surface area contributed by atoms with Gasteiger partial charge in [0, 0.05) is 31.1 Å². The van der Waals surface area contributed by atoms with Crippen LogP contribution in [-0.4, -0.2) is 48.6 Å². The number of hydrogen-bond donors (Lipinski definition) is 2. The molecule has 2 amide bonds. The Morgan fingerprint density at radius 1 is 1.23 bits per heavy atom. The number of halogens is 1. The standard InChI is InChI=1S/C15H19N3O2S.ClH/c16-14(19)9-21-13-4-2-1-3-12(13)15(20)18-7-10-5-17-6-11(10)8-18;/h1-4,10-11,17H,5-9H2,(H2,16,19);1H/t10-,11+;. The van der Waals surface area contributed by atoms with Crippen LogP contribution in [0.25, 0.3) is 0 Å². The predicted octanol–water partition coefficient (Wildman–Crippen LogP) is 0.977. The van der Waals surface area contributed by atoms with Crippen molar-refractivity contribution in [1.82, 2.24) is 10.2 Å². The minimum atomic E-state index is -0.371. The molecule has 0 unspecified atom stereocenters. The summed E-state index contributed by atoms with van der Waals surface area (Å²) < 4.78 is 0. The second-order valence-electron chi connectivity index (χ2n) is 5.64. The molecule has 0 bridgehead atoms. The normalized spacial score (nSPS) is 23.0. The highest BCUT2D eigenvalue weighted by Gasteiger charge is 2.38. The number of thioether (sulfide) groups is 1. The molecule has 2 fully saturated rings. The van der Waals surface area contributed by atoms with Crippen LogP contribution in [0.4, 0.5) is 0 Å². The minimum absolute atomic E-state index is 0. The summed E-state index contributed by atoms with van der Waals surface area (Å²) in [6.45, 7) is 3.66. The van der Waals surface area contributed by atoms with Crippen molar-refractivity contribution in [3.63, 3.8) is 0 Å². The van der Waals surface area contributed by atoms with Crippen molar-refractivity contribution in [2.75, 3.05) is 31.9 Å². The third-order valence-electron chi connectivity index (χ3n) is 4.16. The van der Waals surface area contributed by atoms with Crippen LogP contribution in [0.5, 0.6) is 0 Å². The lowest BCUT2D eigenvalue weighted by Gasteiger charge is -2.19. The maximum absolute atomic E-state index is 12.7. The molecule has 2 atom stereocenters. The van der Waals surface area contributed by atoms with Crippen molar-refractivity contribution < 1.29 is 9.59 Å². The van der Waals surface area contributed by atoms with Gasteiger partial charge in [-0.05, 0) is 24.0 Å². The molecule has 1 aromatic carbocycles. The lowest BCUT2D eigenvalue weighted by atomic mass is 10.0. The van der Waals surface area contributed by atoms with Crippen molar-refractivity contribution in [3.05, 3.63) is 29.8 Å². The first-order valence-electron chi connectivity index (χ1n) is 7.15. The summed E-state index contributed by atoms with van der Waals surface area (Å²) in [5.74, 6) is 1.05. The average Bonchev–Trinajstić information content (AvgIpc) is 3.05. The second kappa shape index (κ2) is 7.35. The first-order valence-corrected chi connectivity index (χ1v) is 8.14. The Balaban J connectivity index is 0.00000176. The monoisotopic (exact) mass is 341 g/mol. The SMILES string of the molecule is Cl.NC(=O)CSc1ccccc1C(=O)N1C[C@H]2CNC[C@H]2C1. The van der Waals surface area contributed by atoms with E-state index in [0.717, 1.165) is 31.1 Å². The van der Waals surface area contributed by atoms with Crippen LogP contribution in [0, 0.1) is 11.8 Å². The largest absolute Gasteiger partial charge is 0.369 e. The molecule has 0 aromatic heterocycles. The third-order valence-corrected chi connectivity index (χ3v) is 5.26. The van der Waals surface area contributed by atoms with E-state index in [2.05, 4.69) is 5.32 Å². The molecule has 2 aliphatic rings. The van der Waals surface area contributed by atoms with Crippen molar-refractivity contribution >= 4 is 36.0 Å². The van der Waals surface area contributed by atoms with Crippen LogP contribution in [-0.2, 0) is 4.79 Å². The van der Waals surface area contributed by atoms with Gasteiger partial charge in [-0.25, -0.2) is 0 Å². The van der Waals surface area contributed by atoms with E-state index in [4.69, 9.17) is 5.73 Å². The van der Waals surface area contributed by atoms with E-state index in [1.165, 1.54) is 11.8 Å². The maximum Gasteiger partial charge on any atom is 0.255 e. The van der Waals surface area contributed by atoms with Crippen LogP contribution in [0.1, 0.15) is 10.4 Å². The molecule has 7 heteroatoms. The van der Waals surface area contributed by atoms with Gasteiger partial charge in [0.2, 0.25) is 5.91 Å². The van der Waals surface area contributed by atoms with Crippen LogP contribution < -0.4 is 11.1 Å². The summed E-state index contributed by atoms with van der Waals surface area (Å²) in [6, 6.07) is 7.44. The van der Waals surface area contributed by atoms with Gasteiger partial charge in [-0.2, -0.15) is 0 Å². The molecular weight excluding hydrogens is 322 g/mol. The molecule has 120 valence electrons. The van der Waals surface area contributed by atoms with E-state index in [9.17, 15) is 9.59 Å². The zero-order valence-electron chi connectivity index (χ0n) is 12.2. The van der Waals surface area contributed by atoms with E-state index in [-0.39, 0.29) is 30.0 Å². The van der Waals surface area contributed by atoms with Gasteiger partial charge in [0.25, 0.3) is 5.91 Å². The van der Waals surface area contributed by atoms with Crippen molar-refractivity contribution in [1.29, 1.82) is 0 Å². The number of hydrogen-bond acceptors (Lipinski definition) is 4. The number of primary amides is 1. The van der Waals surface area contributed by atoms with Gasteiger partial charge in [-0.1, -0.05) is 12.1 Å². The number of nitrogens with zero attached hydrogens (tertiary/aromatic N) is 1. The summed E-state index contributed by atoms with van der Waals surface area (Å²) in [4.78, 5) is 26.4. The number of benzene rings is 1. The summed E-state index contributed by atoms with van der Waals surface area (Å²) in [7, 11) is 0. The Morgan fingerprint density at radius 2 is 1.86 bits per heavy atom. The van der Waals surface area contributed by atoms with Gasteiger partial charge in [-0.3, -0.25) is 9.59 Å². The summed E-state index contributed by atoms with van der Waals surface area (Å²) in [5, 5.41) is 3.37. The molecule has 0 radical (unpaired) electrons. The highest BCUT2D eigenvalue weighted by atomic mass is 35.5. The molecule has 2 aliphatic heterocycles. The van der Waals surface area contributed by atoms with Crippen LogP contribution >= 0.6 is 24.2 Å². The van der Waals surface area contributed by atoms with Crippen LogP contribution in [0.15, 0.2) is 29.2 Å². The Hall–Kier alpha value is -1.24. The second-order valence-corrected chi connectivity index (χ2v) is 6.66. The third kappa shape index (κ3) is 3.56. The quantitative estimate of drug-likeness (QED) is 0.800. The summed E-state index contributed by atoms with van der Waals surface area (Å²) in [5.41, 5.74) is 5.87. The number of carbonyl (C=O) groups is 2. The number of carbonyl (C=O) groups excluding carboxylic acids is 2. The number of nitrogens with one attached hydrogen (secondary N) is 1. The van der Waals surface area contributed by atoms with E-state index in [0.29, 0.717) is 17.4 Å². The Morgan fingerprint density at radius 3 is 2.50 bits per heavy atom. The summed E-state index contributed by atoms with van der Waals surface area (Å²) in [6.07, 6.45) is 0. The smallest absolute Gasteiger partial charge is 0.255 e. The number of nitrogens with two attached hydrogens (primary N) is 1. The molecule has 2 saturated heterocycles. The highest BCUT2D eigenvalue weighted by Crippen LogP contribution is 2.30. The van der Waals surface area contributed by atoms with Crippen molar-refractivity contribution in [3.8, 4) is 0 Å². The zero-order chi connectivity index (χ0) is 14.8. The molecule has 3 N–H and O–H groups in total. The van der Waals surface area contributed by atoms with Gasteiger partial charge in [-0.15, -0.1) is 24.2 Å². The molecule has 0 spiro atoms. The highest BCUT2D eigenvalue weighted by molar-refractivity contribution is 8.00. The van der Waals surface area contributed by atoms with E-state index < -0.39 is 0 Å². The fraction of sp³-hybridized carbons (Fsp3) is 0.467. The molecule has 0 aliphatic carbocycles. The van der Waals surface area contributed by atoms with Crippen LogP contribution in [0.2, 0.25) is 0 Å². The van der Waals surface area contributed by atoms with E-state index in [1.807, 2.05) is 29.2 Å². The van der Waals surface area contributed by atoms with Gasteiger partial charge >= 0.3 is 0 Å². The van der Waals surface area contributed by atoms with Gasteiger partial charge < -0.3 is 16.0 Å². The van der Waals surface area contributed by atoms with E-state index in [1.54, 1.807) is 0 Å². The van der Waals surface area contributed by atoms with Gasteiger partial charge in [0.05, 0.1) is 11.3 Å². The maximum atomic E-state index is 12.7. The first kappa shape index (κ1) is 17.1. The lowest BCUT2D eigenvalue weighted by molar-refractivity contribution is -0.115. The average molecular weight is 342 g/mol. The number of amides is 2. The van der Waals surface area contributed by atoms with Gasteiger partial charge in [0.15, 0.2) is 0 Å². The lowest BCUT2D eigenvalue weighted by Crippen LogP contribution is -2.32.